The summed E-state index contributed by atoms with van der Waals surface area (Å²) in [5.74, 6) is 2.02. The summed E-state index contributed by atoms with van der Waals surface area (Å²) < 4.78 is 5.03. The maximum absolute atomic E-state index is 5.03. The second-order valence-corrected chi connectivity index (χ2v) is 3.87. The third kappa shape index (κ3) is 1.29. The van der Waals surface area contributed by atoms with Crippen LogP contribution in [0.1, 0.15) is 32.1 Å². The third-order valence-corrected chi connectivity index (χ3v) is 3.15. The Kier molecular flexibility index (Phi) is 1.89. The molecule has 2 aliphatic rings. The van der Waals surface area contributed by atoms with Crippen molar-refractivity contribution in [3.63, 3.8) is 0 Å². The number of allylic oxidation sites excluding steroid dienone is 1. The maximum Gasteiger partial charge on any atom is 0.0816 e. The summed E-state index contributed by atoms with van der Waals surface area (Å²) in [5.41, 5.74) is 1.54. The van der Waals surface area contributed by atoms with Crippen LogP contribution in [0.15, 0.2) is 11.8 Å². The van der Waals surface area contributed by atoms with Gasteiger partial charge in [0.2, 0.25) is 0 Å². The van der Waals surface area contributed by atoms with Crippen molar-refractivity contribution in [2.24, 2.45) is 11.8 Å². The lowest BCUT2D eigenvalue weighted by atomic mass is 10.0. The zero-order valence-corrected chi connectivity index (χ0v) is 7.18. The lowest BCUT2D eigenvalue weighted by molar-refractivity contribution is 0.332. The molecule has 2 rings (SSSR count). The SMILES string of the molecule is COC=C1CC2CCCC2C1. The molecule has 0 saturated heterocycles. The number of hydrogen-bond donors (Lipinski definition) is 0. The van der Waals surface area contributed by atoms with Gasteiger partial charge in [-0.2, -0.15) is 0 Å². The second-order valence-electron chi connectivity index (χ2n) is 3.87. The van der Waals surface area contributed by atoms with Gasteiger partial charge in [-0.25, -0.2) is 0 Å². The topological polar surface area (TPSA) is 9.23 Å². The van der Waals surface area contributed by atoms with Crippen molar-refractivity contribution in [2.75, 3.05) is 7.11 Å². The van der Waals surface area contributed by atoms with Crippen LogP contribution in [0.5, 0.6) is 0 Å². The Morgan fingerprint density at radius 2 is 1.91 bits per heavy atom. The number of ether oxygens (including phenoxy) is 1. The molecule has 0 aromatic rings. The highest BCUT2D eigenvalue weighted by Crippen LogP contribution is 2.46. The van der Waals surface area contributed by atoms with E-state index in [-0.39, 0.29) is 0 Å². The highest BCUT2D eigenvalue weighted by Gasteiger charge is 2.33. The van der Waals surface area contributed by atoms with Crippen LogP contribution in [-0.2, 0) is 4.74 Å². The van der Waals surface area contributed by atoms with E-state index in [0.29, 0.717) is 0 Å². The first kappa shape index (κ1) is 7.20. The zero-order chi connectivity index (χ0) is 7.68. The molecule has 0 radical (unpaired) electrons. The molecule has 1 heteroatoms. The highest BCUT2D eigenvalue weighted by molar-refractivity contribution is 5.09. The number of methoxy groups -OCH3 is 1. The summed E-state index contributed by atoms with van der Waals surface area (Å²) in [6.45, 7) is 0. The molecule has 0 aliphatic heterocycles. The van der Waals surface area contributed by atoms with Gasteiger partial charge in [-0.05, 0) is 43.1 Å². The quantitative estimate of drug-likeness (QED) is 0.525. The maximum atomic E-state index is 5.03. The minimum Gasteiger partial charge on any atom is -0.504 e. The van der Waals surface area contributed by atoms with Crippen molar-refractivity contribution in [1.29, 1.82) is 0 Å². The molecular weight excluding hydrogens is 136 g/mol. The first-order chi connectivity index (χ1) is 5.40. The van der Waals surface area contributed by atoms with Crippen molar-refractivity contribution < 1.29 is 4.74 Å². The molecule has 0 aromatic carbocycles. The Morgan fingerprint density at radius 3 is 2.45 bits per heavy atom. The predicted molar refractivity (Wildman–Crippen MR) is 45.2 cm³/mol. The van der Waals surface area contributed by atoms with Gasteiger partial charge in [0.05, 0.1) is 13.4 Å². The number of rotatable bonds is 1. The van der Waals surface area contributed by atoms with Gasteiger partial charge in [0.15, 0.2) is 0 Å². The molecular formula is C10H16O. The average molecular weight is 152 g/mol. The molecule has 0 N–H and O–H groups in total. The Labute approximate surface area is 68.4 Å². The third-order valence-electron chi connectivity index (χ3n) is 3.15. The molecule has 2 atom stereocenters. The summed E-state index contributed by atoms with van der Waals surface area (Å²) in [7, 11) is 1.75. The van der Waals surface area contributed by atoms with Gasteiger partial charge in [-0.3, -0.25) is 0 Å². The van der Waals surface area contributed by atoms with E-state index in [1.165, 1.54) is 32.1 Å². The van der Waals surface area contributed by atoms with Gasteiger partial charge >= 0.3 is 0 Å². The van der Waals surface area contributed by atoms with Crippen molar-refractivity contribution in [3.05, 3.63) is 11.8 Å². The van der Waals surface area contributed by atoms with Gasteiger partial charge in [0, 0.05) is 0 Å². The van der Waals surface area contributed by atoms with Gasteiger partial charge in [-0.1, -0.05) is 6.42 Å². The molecule has 2 saturated carbocycles. The number of fused-ring (bicyclic) bond motifs is 1. The molecule has 2 fully saturated rings. The Bertz CT molecular complexity index is 158. The molecule has 2 unspecified atom stereocenters. The van der Waals surface area contributed by atoms with Crippen LogP contribution in [0.2, 0.25) is 0 Å². The van der Waals surface area contributed by atoms with Crippen LogP contribution in [0.4, 0.5) is 0 Å². The van der Waals surface area contributed by atoms with E-state index in [9.17, 15) is 0 Å². The largest absolute Gasteiger partial charge is 0.504 e. The van der Waals surface area contributed by atoms with Crippen LogP contribution in [-0.4, -0.2) is 7.11 Å². The Hall–Kier alpha value is -0.460. The fraction of sp³-hybridized carbons (Fsp3) is 0.800. The minimum atomic E-state index is 1.01. The van der Waals surface area contributed by atoms with E-state index >= 15 is 0 Å². The van der Waals surface area contributed by atoms with E-state index in [0.717, 1.165) is 11.8 Å². The van der Waals surface area contributed by atoms with E-state index in [2.05, 4.69) is 0 Å². The minimum absolute atomic E-state index is 1.01. The first-order valence-electron chi connectivity index (χ1n) is 4.61. The molecule has 0 heterocycles. The summed E-state index contributed by atoms with van der Waals surface area (Å²) >= 11 is 0. The van der Waals surface area contributed by atoms with Crippen molar-refractivity contribution in [2.45, 2.75) is 32.1 Å². The summed E-state index contributed by atoms with van der Waals surface area (Å²) in [6, 6.07) is 0. The molecule has 0 bridgehead atoms. The van der Waals surface area contributed by atoms with E-state index in [4.69, 9.17) is 4.74 Å². The highest BCUT2D eigenvalue weighted by atomic mass is 16.5. The summed E-state index contributed by atoms with van der Waals surface area (Å²) in [6.07, 6.45) is 8.99. The van der Waals surface area contributed by atoms with Gasteiger partial charge in [-0.15, -0.1) is 0 Å². The number of hydrogen-bond acceptors (Lipinski definition) is 1. The van der Waals surface area contributed by atoms with Crippen LogP contribution >= 0.6 is 0 Å². The lowest BCUT2D eigenvalue weighted by Crippen LogP contribution is -1.95. The fourth-order valence-corrected chi connectivity index (χ4v) is 2.67. The van der Waals surface area contributed by atoms with Gasteiger partial charge in [0.1, 0.15) is 0 Å². The molecule has 0 aromatic heterocycles. The van der Waals surface area contributed by atoms with Crippen molar-refractivity contribution in [3.8, 4) is 0 Å². The standard InChI is InChI=1S/C10H16O/c1-11-7-8-5-9-3-2-4-10(9)6-8/h7,9-10H,2-6H2,1H3. The molecule has 62 valence electrons. The average Bonchev–Trinajstić information content (AvgIpc) is 2.46. The molecule has 0 amide bonds. The van der Waals surface area contributed by atoms with Crippen LogP contribution in [0, 0.1) is 11.8 Å². The molecule has 0 spiro atoms. The monoisotopic (exact) mass is 152 g/mol. The Morgan fingerprint density at radius 1 is 1.27 bits per heavy atom. The van der Waals surface area contributed by atoms with Crippen molar-refractivity contribution in [1.82, 2.24) is 0 Å². The molecule has 2 aliphatic carbocycles. The van der Waals surface area contributed by atoms with Gasteiger partial charge < -0.3 is 4.74 Å². The summed E-state index contributed by atoms with van der Waals surface area (Å²) in [5, 5.41) is 0. The molecule has 11 heavy (non-hydrogen) atoms. The lowest BCUT2D eigenvalue weighted by Gasteiger charge is -2.03. The van der Waals surface area contributed by atoms with E-state index in [1.54, 1.807) is 12.7 Å². The normalized spacial score (nSPS) is 35.5. The smallest absolute Gasteiger partial charge is 0.0816 e. The second kappa shape index (κ2) is 2.88. The fourth-order valence-electron chi connectivity index (χ4n) is 2.67. The van der Waals surface area contributed by atoms with E-state index < -0.39 is 0 Å². The van der Waals surface area contributed by atoms with Crippen molar-refractivity contribution >= 4 is 0 Å². The zero-order valence-electron chi connectivity index (χ0n) is 7.18. The van der Waals surface area contributed by atoms with E-state index in [1.807, 2.05) is 6.26 Å². The van der Waals surface area contributed by atoms with Crippen LogP contribution < -0.4 is 0 Å². The summed E-state index contributed by atoms with van der Waals surface area (Å²) in [4.78, 5) is 0. The van der Waals surface area contributed by atoms with Crippen LogP contribution in [0.25, 0.3) is 0 Å². The first-order valence-corrected chi connectivity index (χ1v) is 4.61. The Balaban J connectivity index is 1.99. The predicted octanol–water partition coefficient (Wildman–Crippen LogP) is 2.73. The van der Waals surface area contributed by atoms with Gasteiger partial charge in [0.25, 0.3) is 0 Å². The van der Waals surface area contributed by atoms with Crippen LogP contribution in [0.3, 0.4) is 0 Å². The molecule has 1 nitrogen and oxygen atoms in total.